The molecule has 0 radical (unpaired) electrons. The van der Waals surface area contributed by atoms with Crippen molar-refractivity contribution in [1.29, 1.82) is 0 Å². The topological polar surface area (TPSA) is 0 Å². The summed E-state index contributed by atoms with van der Waals surface area (Å²) in [5.74, 6) is 2.39. The van der Waals surface area contributed by atoms with E-state index in [1.165, 1.54) is 76.3 Å². The first-order chi connectivity index (χ1) is 24.8. The van der Waals surface area contributed by atoms with Gasteiger partial charge in [0.1, 0.15) is 0 Å². The molecule has 1 heteroatoms. The van der Waals surface area contributed by atoms with Crippen molar-refractivity contribution >= 4 is 52.9 Å². The van der Waals surface area contributed by atoms with Crippen molar-refractivity contribution in [3.8, 4) is 0 Å². The standard InChI is InChI=1S/C49H39P/c1-4-19-37(20-5-1)49(38-21-6-2-7-22-38)42-27-13-12-23-39(42)34-48-45-30-16-14-28-43(45)47(44-29-15-17-31-46(44)48)33-32-36-18-10-11-24-40(36)35-50-41-25-8-3-9-26-41/h1-21,23-32,35,50H,22,33-34H2/b36-32-,40-35-,49-38-. The van der Waals surface area contributed by atoms with E-state index in [1.54, 1.807) is 0 Å². The fourth-order valence-corrected chi connectivity index (χ4v) is 8.35. The molecule has 1 aliphatic carbocycles. The van der Waals surface area contributed by atoms with Gasteiger partial charge in [0.2, 0.25) is 0 Å². The summed E-state index contributed by atoms with van der Waals surface area (Å²) >= 11 is 0. The third-order valence-electron chi connectivity index (χ3n) is 9.76. The lowest BCUT2D eigenvalue weighted by atomic mass is 9.83. The summed E-state index contributed by atoms with van der Waals surface area (Å²) in [7, 11) is 0.636. The van der Waals surface area contributed by atoms with Crippen molar-refractivity contribution in [3.63, 3.8) is 0 Å². The zero-order valence-corrected chi connectivity index (χ0v) is 29.1. The molecule has 0 spiro atoms. The van der Waals surface area contributed by atoms with Gasteiger partial charge in [0.25, 0.3) is 0 Å². The predicted octanol–water partition coefficient (Wildman–Crippen LogP) is 10.7. The van der Waals surface area contributed by atoms with Crippen molar-refractivity contribution < 1.29 is 0 Å². The van der Waals surface area contributed by atoms with E-state index in [4.69, 9.17) is 0 Å². The Kier molecular flexibility index (Phi) is 9.46. The van der Waals surface area contributed by atoms with Crippen LogP contribution >= 0.6 is 8.58 Å². The second kappa shape index (κ2) is 14.9. The van der Waals surface area contributed by atoms with Crippen LogP contribution in [0.3, 0.4) is 0 Å². The highest BCUT2D eigenvalue weighted by atomic mass is 31.1. The number of fused-ring (bicyclic) bond motifs is 2. The summed E-state index contributed by atoms with van der Waals surface area (Å²) < 4.78 is 0. The normalized spacial score (nSPS) is 14.7. The minimum absolute atomic E-state index is 0.636. The Labute approximate surface area is 296 Å². The highest BCUT2D eigenvalue weighted by Crippen LogP contribution is 2.38. The van der Waals surface area contributed by atoms with E-state index in [0.29, 0.717) is 8.58 Å². The molecule has 0 nitrogen and oxygen atoms in total. The van der Waals surface area contributed by atoms with E-state index in [1.807, 2.05) is 0 Å². The monoisotopic (exact) mass is 658 g/mol. The zero-order chi connectivity index (χ0) is 33.5. The van der Waals surface area contributed by atoms with Crippen molar-refractivity contribution in [3.05, 3.63) is 226 Å². The minimum Gasteiger partial charge on any atom is -0.0801 e. The van der Waals surface area contributed by atoms with E-state index in [0.717, 1.165) is 19.3 Å². The molecule has 7 aromatic carbocycles. The number of hydrogen-bond acceptors (Lipinski definition) is 0. The summed E-state index contributed by atoms with van der Waals surface area (Å²) in [4.78, 5) is 0. The van der Waals surface area contributed by atoms with Crippen molar-refractivity contribution in [2.75, 3.05) is 0 Å². The van der Waals surface area contributed by atoms with Gasteiger partial charge < -0.3 is 0 Å². The molecular formula is C49H39P. The van der Waals surface area contributed by atoms with Gasteiger partial charge in [-0.25, -0.2) is 0 Å². The Hall–Kier alpha value is -5.55. The lowest BCUT2D eigenvalue weighted by Crippen LogP contribution is -2.23. The van der Waals surface area contributed by atoms with E-state index < -0.39 is 0 Å². The summed E-state index contributed by atoms with van der Waals surface area (Å²) in [6, 6.07) is 57.6. The first-order valence-electron chi connectivity index (χ1n) is 17.5. The highest BCUT2D eigenvalue weighted by Gasteiger charge is 2.18. The Balaban J connectivity index is 1.25. The Morgan fingerprint density at radius 3 is 1.80 bits per heavy atom. The van der Waals surface area contributed by atoms with Crippen LogP contribution in [0.5, 0.6) is 0 Å². The molecule has 0 heterocycles. The van der Waals surface area contributed by atoms with Gasteiger partial charge in [0.05, 0.1) is 0 Å². The second-order valence-electron chi connectivity index (χ2n) is 12.8. The van der Waals surface area contributed by atoms with Crippen LogP contribution in [0.4, 0.5) is 0 Å². The van der Waals surface area contributed by atoms with E-state index >= 15 is 0 Å². The molecule has 0 bridgehead atoms. The summed E-state index contributed by atoms with van der Waals surface area (Å²) in [5.41, 5.74) is 9.38. The molecule has 0 aromatic heterocycles. The minimum atomic E-state index is 0.636. The van der Waals surface area contributed by atoms with Gasteiger partial charge in [-0.2, -0.15) is 0 Å². The van der Waals surface area contributed by atoms with E-state index in [2.05, 4.69) is 194 Å². The van der Waals surface area contributed by atoms with Gasteiger partial charge in [0.15, 0.2) is 0 Å². The molecule has 0 aliphatic heterocycles. The van der Waals surface area contributed by atoms with Crippen LogP contribution in [0.1, 0.15) is 34.2 Å². The summed E-state index contributed by atoms with van der Waals surface area (Å²) in [6.07, 6.45) is 13.9. The average Bonchev–Trinajstić information content (AvgIpc) is 3.19. The highest BCUT2D eigenvalue weighted by molar-refractivity contribution is 7.55. The molecule has 8 rings (SSSR count). The van der Waals surface area contributed by atoms with Crippen LogP contribution in [-0.4, -0.2) is 0 Å². The molecule has 0 N–H and O–H groups in total. The maximum atomic E-state index is 2.43. The van der Waals surface area contributed by atoms with Crippen LogP contribution in [0.2, 0.25) is 0 Å². The van der Waals surface area contributed by atoms with Gasteiger partial charge in [-0.15, -0.1) is 0 Å². The molecule has 7 aromatic rings. The molecule has 50 heavy (non-hydrogen) atoms. The zero-order valence-electron chi connectivity index (χ0n) is 28.1. The Morgan fingerprint density at radius 1 is 0.540 bits per heavy atom. The maximum Gasteiger partial charge on any atom is -0.000728 e. The molecule has 0 amide bonds. The molecule has 1 atom stereocenters. The quantitative estimate of drug-likeness (QED) is 0.113. The van der Waals surface area contributed by atoms with Gasteiger partial charge in [-0.3, -0.25) is 0 Å². The van der Waals surface area contributed by atoms with Crippen LogP contribution in [0, 0.1) is 0 Å². The van der Waals surface area contributed by atoms with E-state index in [-0.39, 0.29) is 0 Å². The number of hydrogen-bond donors (Lipinski definition) is 0. The van der Waals surface area contributed by atoms with Crippen LogP contribution in [-0.2, 0) is 12.8 Å². The van der Waals surface area contributed by atoms with Crippen molar-refractivity contribution in [2.24, 2.45) is 0 Å². The number of rotatable bonds is 8. The predicted molar refractivity (Wildman–Crippen MR) is 219 cm³/mol. The second-order valence-corrected chi connectivity index (χ2v) is 14.0. The molecule has 0 saturated heterocycles. The van der Waals surface area contributed by atoms with Crippen LogP contribution < -0.4 is 15.7 Å². The third kappa shape index (κ3) is 6.69. The average molecular weight is 659 g/mol. The van der Waals surface area contributed by atoms with Crippen LogP contribution in [0.15, 0.2) is 188 Å². The Bertz CT molecular complexity index is 2460. The third-order valence-corrected chi connectivity index (χ3v) is 10.9. The molecule has 1 unspecified atom stereocenters. The lowest BCUT2D eigenvalue weighted by Gasteiger charge is -2.20. The first kappa shape index (κ1) is 31.7. The molecular weight excluding hydrogens is 620 g/mol. The molecule has 0 fully saturated rings. The van der Waals surface area contributed by atoms with Crippen molar-refractivity contribution in [2.45, 2.75) is 19.3 Å². The van der Waals surface area contributed by atoms with Crippen molar-refractivity contribution in [1.82, 2.24) is 0 Å². The fourth-order valence-electron chi connectivity index (χ4n) is 7.38. The summed E-state index contributed by atoms with van der Waals surface area (Å²) in [6.45, 7) is 0. The van der Waals surface area contributed by atoms with Crippen LogP contribution in [0.25, 0.3) is 39.0 Å². The molecule has 1 aliphatic rings. The van der Waals surface area contributed by atoms with E-state index in [9.17, 15) is 0 Å². The van der Waals surface area contributed by atoms with Gasteiger partial charge in [0, 0.05) is 0 Å². The smallest absolute Gasteiger partial charge is 0.000728 e. The number of benzene rings is 7. The van der Waals surface area contributed by atoms with Gasteiger partial charge in [-0.05, 0) is 95.5 Å². The summed E-state index contributed by atoms with van der Waals surface area (Å²) in [5, 5.41) is 9.29. The molecule has 240 valence electrons. The molecule has 0 saturated carbocycles. The van der Waals surface area contributed by atoms with Gasteiger partial charge >= 0.3 is 0 Å². The fraction of sp³-hybridized carbons (Fsp3) is 0.0612. The van der Waals surface area contributed by atoms with Gasteiger partial charge in [-0.1, -0.05) is 203 Å². The maximum absolute atomic E-state index is 2.43. The Morgan fingerprint density at radius 2 is 1.12 bits per heavy atom. The largest absolute Gasteiger partial charge is 0.0801 e. The SMILES string of the molecule is C1=CC/C(=C(/c2ccccc2)c2ccccc2Cc2c3ccccc3c(C/C=c3/cccc/c3=C/Pc3ccccc3)c3ccccc23)C=C1. The first-order valence-corrected chi connectivity index (χ1v) is 18.6. The lowest BCUT2D eigenvalue weighted by molar-refractivity contribution is 1.20. The number of allylic oxidation sites excluding steroid dienone is 5.